The van der Waals surface area contributed by atoms with Crippen molar-refractivity contribution in [3.63, 3.8) is 0 Å². The van der Waals surface area contributed by atoms with Crippen molar-refractivity contribution in [3.8, 4) is 11.1 Å². The van der Waals surface area contributed by atoms with E-state index in [1.165, 1.54) is 6.07 Å². The molecule has 0 unspecified atom stereocenters. The first-order valence-corrected chi connectivity index (χ1v) is 5.83. The molecule has 2 aromatic carbocycles. The van der Waals surface area contributed by atoms with Crippen molar-refractivity contribution < 1.29 is 4.39 Å². The highest BCUT2D eigenvalue weighted by molar-refractivity contribution is 6.33. The summed E-state index contributed by atoms with van der Waals surface area (Å²) in [5, 5.41) is 0.665. The average Bonchev–Trinajstić information content (AvgIpc) is 2.33. The van der Waals surface area contributed by atoms with E-state index < -0.39 is 0 Å². The minimum atomic E-state index is -0.216. The van der Waals surface area contributed by atoms with Gasteiger partial charge in [0.05, 0.1) is 0 Å². The van der Waals surface area contributed by atoms with Gasteiger partial charge in [0, 0.05) is 10.6 Å². The van der Waals surface area contributed by atoms with Crippen molar-refractivity contribution in [1.82, 2.24) is 0 Å². The van der Waals surface area contributed by atoms with Gasteiger partial charge in [-0.05, 0) is 42.3 Å². The molecule has 0 aliphatic carbocycles. The molecule has 88 valence electrons. The van der Waals surface area contributed by atoms with Crippen molar-refractivity contribution in [2.24, 2.45) is 5.73 Å². The topological polar surface area (TPSA) is 26.0 Å². The minimum absolute atomic E-state index is 0.216. The van der Waals surface area contributed by atoms with E-state index in [9.17, 15) is 4.39 Å². The number of halogens is 2. The molecule has 0 aromatic heterocycles. The maximum absolute atomic E-state index is 13.5. The normalized spacial score (nSPS) is 10.5. The zero-order chi connectivity index (χ0) is 12.3. The Balaban J connectivity index is 2.46. The van der Waals surface area contributed by atoms with E-state index >= 15 is 0 Å². The predicted octanol–water partition coefficient (Wildman–Crippen LogP) is 3.65. The number of hydrogen-bond acceptors (Lipinski definition) is 1. The molecule has 2 rings (SSSR count). The summed E-state index contributed by atoms with van der Waals surface area (Å²) in [6, 6.07) is 12.5. The molecule has 3 heteroatoms. The van der Waals surface area contributed by atoms with Gasteiger partial charge in [-0.2, -0.15) is 0 Å². The number of nitrogens with two attached hydrogens (primary N) is 1. The molecular formula is C14H13ClFN. The van der Waals surface area contributed by atoms with Crippen LogP contribution >= 0.6 is 11.6 Å². The highest BCUT2D eigenvalue weighted by Crippen LogP contribution is 2.28. The van der Waals surface area contributed by atoms with Gasteiger partial charge in [-0.25, -0.2) is 4.39 Å². The second-order valence-corrected chi connectivity index (χ2v) is 4.23. The first-order chi connectivity index (χ1) is 8.22. The minimum Gasteiger partial charge on any atom is -0.330 e. The summed E-state index contributed by atoms with van der Waals surface area (Å²) in [5.74, 6) is -0.216. The molecule has 1 nitrogen and oxygen atoms in total. The van der Waals surface area contributed by atoms with Crippen molar-refractivity contribution >= 4 is 11.6 Å². The van der Waals surface area contributed by atoms with Crippen LogP contribution < -0.4 is 5.73 Å². The lowest BCUT2D eigenvalue weighted by Gasteiger charge is -2.07. The first kappa shape index (κ1) is 12.1. The largest absolute Gasteiger partial charge is 0.330 e. The van der Waals surface area contributed by atoms with Gasteiger partial charge in [0.15, 0.2) is 0 Å². The maximum atomic E-state index is 13.5. The Morgan fingerprint density at radius 1 is 1.12 bits per heavy atom. The van der Waals surface area contributed by atoms with Crippen LogP contribution in [-0.2, 0) is 6.42 Å². The molecule has 2 aromatic rings. The quantitative estimate of drug-likeness (QED) is 0.883. The fourth-order valence-corrected chi connectivity index (χ4v) is 2.03. The van der Waals surface area contributed by atoms with E-state index in [1.54, 1.807) is 6.07 Å². The van der Waals surface area contributed by atoms with Crippen LogP contribution in [0.15, 0.2) is 42.5 Å². The highest BCUT2D eigenvalue weighted by atomic mass is 35.5. The Labute approximate surface area is 105 Å². The lowest BCUT2D eigenvalue weighted by Crippen LogP contribution is -2.04. The van der Waals surface area contributed by atoms with Gasteiger partial charge in [0.2, 0.25) is 0 Å². The molecule has 0 aliphatic rings. The Hall–Kier alpha value is -1.38. The third-order valence-electron chi connectivity index (χ3n) is 2.64. The molecule has 0 saturated heterocycles. The van der Waals surface area contributed by atoms with Gasteiger partial charge in [-0.15, -0.1) is 0 Å². The third kappa shape index (κ3) is 2.65. The standard InChI is InChI=1S/C14H13ClFN/c15-13-4-2-1-3-12(13)10-5-6-14(16)11(9-10)7-8-17/h1-6,9H,7-8,17H2. The molecular weight excluding hydrogens is 237 g/mol. The fraction of sp³-hybridized carbons (Fsp3) is 0.143. The smallest absolute Gasteiger partial charge is 0.126 e. The Morgan fingerprint density at radius 3 is 2.59 bits per heavy atom. The summed E-state index contributed by atoms with van der Waals surface area (Å²) in [5.41, 5.74) is 7.91. The molecule has 0 spiro atoms. The van der Waals surface area contributed by atoms with Crippen molar-refractivity contribution in [3.05, 3.63) is 58.9 Å². The summed E-state index contributed by atoms with van der Waals surface area (Å²) < 4.78 is 13.5. The van der Waals surface area contributed by atoms with Gasteiger partial charge in [0.1, 0.15) is 5.82 Å². The molecule has 0 bridgehead atoms. The number of hydrogen-bond donors (Lipinski definition) is 1. The summed E-state index contributed by atoms with van der Waals surface area (Å²) in [6.45, 7) is 0.433. The summed E-state index contributed by atoms with van der Waals surface area (Å²) in [6.07, 6.45) is 0.532. The molecule has 0 aliphatic heterocycles. The molecule has 0 atom stereocenters. The van der Waals surface area contributed by atoms with Crippen LogP contribution in [0.4, 0.5) is 4.39 Å². The average molecular weight is 250 g/mol. The Bertz CT molecular complexity index is 525. The third-order valence-corrected chi connectivity index (χ3v) is 2.97. The lowest BCUT2D eigenvalue weighted by molar-refractivity contribution is 0.610. The summed E-state index contributed by atoms with van der Waals surface area (Å²) in [7, 11) is 0. The van der Waals surface area contributed by atoms with Crippen LogP contribution in [0.5, 0.6) is 0 Å². The van der Waals surface area contributed by atoms with Crippen LogP contribution in [-0.4, -0.2) is 6.54 Å². The molecule has 0 saturated carbocycles. The second-order valence-electron chi connectivity index (χ2n) is 3.82. The SMILES string of the molecule is NCCc1cc(-c2ccccc2Cl)ccc1F. The maximum Gasteiger partial charge on any atom is 0.126 e. The fourth-order valence-electron chi connectivity index (χ4n) is 1.78. The summed E-state index contributed by atoms with van der Waals surface area (Å²) in [4.78, 5) is 0. The van der Waals surface area contributed by atoms with E-state index in [-0.39, 0.29) is 5.82 Å². The van der Waals surface area contributed by atoms with Crippen LogP contribution in [0.3, 0.4) is 0 Å². The molecule has 2 N–H and O–H groups in total. The number of benzene rings is 2. The molecule has 0 radical (unpaired) electrons. The van der Waals surface area contributed by atoms with Crippen molar-refractivity contribution in [1.29, 1.82) is 0 Å². The van der Waals surface area contributed by atoms with Crippen LogP contribution in [0.2, 0.25) is 5.02 Å². The zero-order valence-corrected chi connectivity index (χ0v) is 10.0. The molecule has 0 amide bonds. The lowest BCUT2D eigenvalue weighted by atomic mass is 10.0. The van der Waals surface area contributed by atoms with Gasteiger partial charge in [-0.3, -0.25) is 0 Å². The Morgan fingerprint density at radius 2 is 1.88 bits per heavy atom. The van der Waals surface area contributed by atoms with E-state index in [4.69, 9.17) is 17.3 Å². The van der Waals surface area contributed by atoms with Gasteiger partial charge < -0.3 is 5.73 Å². The van der Waals surface area contributed by atoms with E-state index in [2.05, 4.69) is 0 Å². The van der Waals surface area contributed by atoms with Crippen LogP contribution in [0, 0.1) is 5.82 Å². The van der Waals surface area contributed by atoms with Crippen LogP contribution in [0.1, 0.15) is 5.56 Å². The van der Waals surface area contributed by atoms with E-state index in [0.717, 1.165) is 11.1 Å². The first-order valence-electron chi connectivity index (χ1n) is 5.46. The molecule has 0 heterocycles. The predicted molar refractivity (Wildman–Crippen MR) is 69.6 cm³/mol. The second kappa shape index (κ2) is 5.30. The monoisotopic (exact) mass is 249 g/mol. The zero-order valence-electron chi connectivity index (χ0n) is 9.29. The Kier molecular flexibility index (Phi) is 3.77. The molecule has 0 fully saturated rings. The van der Waals surface area contributed by atoms with Crippen molar-refractivity contribution in [2.45, 2.75) is 6.42 Å². The van der Waals surface area contributed by atoms with Gasteiger partial charge >= 0.3 is 0 Å². The van der Waals surface area contributed by atoms with Crippen molar-refractivity contribution in [2.75, 3.05) is 6.54 Å². The van der Waals surface area contributed by atoms with Gasteiger partial charge in [-0.1, -0.05) is 35.9 Å². The van der Waals surface area contributed by atoms with E-state index in [1.807, 2.05) is 30.3 Å². The van der Waals surface area contributed by atoms with Crippen LogP contribution in [0.25, 0.3) is 11.1 Å². The van der Waals surface area contributed by atoms with Gasteiger partial charge in [0.25, 0.3) is 0 Å². The number of rotatable bonds is 3. The highest BCUT2D eigenvalue weighted by Gasteiger charge is 2.06. The van der Waals surface area contributed by atoms with E-state index in [0.29, 0.717) is 23.6 Å². The summed E-state index contributed by atoms with van der Waals surface area (Å²) >= 11 is 6.11. The molecule has 17 heavy (non-hydrogen) atoms.